The van der Waals surface area contributed by atoms with E-state index in [-0.39, 0.29) is 6.04 Å². The van der Waals surface area contributed by atoms with Crippen molar-refractivity contribution >= 4 is 12.0 Å². The van der Waals surface area contributed by atoms with E-state index in [4.69, 9.17) is 5.73 Å². The third-order valence-electron chi connectivity index (χ3n) is 2.86. The van der Waals surface area contributed by atoms with Gasteiger partial charge in [-0.25, -0.2) is 0 Å². The zero-order chi connectivity index (χ0) is 14.4. The Balaban J connectivity index is 3.18. The van der Waals surface area contributed by atoms with Crippen molar-refractivity contribution in [2.45, 2.75) is 26.8 Å². The Morgan fingerprint density at radius 1 is 1.32 bits per heavy atom. The van der Waals surface area contributed by atoms with Crippen LogP contribution in [0, 0.1) is 0 Å². The van der Waals surface area contributed by atoms with Gasteiger partial charge >= 0.3 is 0 Å². The summed E-state index contributed by atoms with van der Waals surface area (Å²) >= 11 is 0. The van der Waals surface area contributed by atoms with Gasteiger partial charge in [0, 0.05) is 24.4 Å². The predicted octanol–water partition coefficient (Wildman–Crippen LogP) is 3.13. The van der Waals surface area contributed by atoms with Gasteiger partial charge in [0.2, 0.25) is 0 Å². The van der Waals surface area contributed by atoms with E-state index in [0.29, 0.717) is 5.56 Å². The minimum Gasteiger partial charge on any atom is -0.344 e. The van der Waals surface area contributed by atoms with Crippen molar-refractivity contribution in [2.75, 3.05) is 11.9 Å². The summed E-state index contributed by atoms with van der Waals surface area (Å²) in [5.74, 6) is 0. The Bertz CT molecular complexity index is 497. The summed E-state index contributed by atoms with van der Waals surface area (Å²) in [5, 5.41) is 0. The highest BCUT2D eigenvalue weighted by atomic mass is 16.1. The molecular weight excluding hydrogens is 236 g/mol. The SMILES string of the molecule is CC(C)=C(/C=C\C(C)N)N(C)c1ccccc1C=O. The van der Waals surface area contributed by atoms with E-state index >= 15 is 0 Å². The molecule has 0 aliphatic rings. The zero-order valence-electron chi connectivity index (χ0n) is 12.1. The summed E-state index contributed by atoms with van der Waals surface area (Å²) in [7, 11) is 1.95. The lowest BCUT2D eigenvalue weighted by Crippen LogP contribution is -2.19. The maximum atomic E-state index is 11.1. The third kappa shape index (κ3) is 4.07. The van der Waals surface area contributed by atoms with Crippen LogP contribution in [-0.4, -0.2) is 19.4 Å². The van der Waals surface area contributed by atoms with Gasteiger partial charge in [-0.1, -0.05) is 23.8 Å². The average molecular weight is 258 g/mol. The van der Waals surface area contributed by atoms with Crippen LogP contribution in [0.4, 0.5) is 5.69 Å². The lowest BCUT2D eigenvalue weighted by atomic mass is 10.1. The molecule has 0 amide bonds. The van der Waals surface area contributed by atoms with Crippen LogP contribution in [0.25, 0.3) is 0 Å². The molecule has 3 nitrogen and oxygen atoms in total. The van der Waals surface area contributed by atoms with Gasteiger partial charge in [-0.2, -0.15) is 0 Å². The second-order valence-electron chi connectivity index (χ2n) is 4.84. The molecular formula is C16H22N2O. The smallest absolute Gasteiger partial charge is 0.152 e. The van der Waals surface area contributed by atoms with Gasteiger partial charge in [0.05, 0.1) is 5.69 Å². The topological polar surface area (TPSA) is 46.3 Å². The number of aldehydes is 1. The highest BCUT2D eigenvalue weighted by molar-refractivity contribution is 5.85. The van der Waals surface area contributed by atoms with Gasteiger partial charge in [0.15, 0.2) is 6.29 Å². The van der Waals surface area contributed by atoms with E-state index in [1.807, 2.05) is 69.1 Å². The van der Waals surface area contributed by atoms with Crippen molar-refractivity contribution in [3.8, 4) is 0 Å². The summed E-state index contributed by atoms with van der Waals surface area (Å²) in [6.07, 6.45) is 4.83. The molecule has 1 aromatic rings. The lowest BCUT2D eigenvalue weighted by Gasteiger charge is -2.23. The van der Waals surface area contributed by atoms with Crippen molar-refractivity contribution in [3.05, 3.63) is 53.3 Å². The molecule has 1 aromatic carbocycles. The molecule has 0 spiro atoms. The Morgan fingerprint density at radius 2 is 1.95 bits per heavy atom. The zero-order valence-corrected chi connectivity index (χ0v) is 12.1. The largest absolute Gasteiger partial charge is 0.344 e. The Hall–Kier alpha value is -1.87. The highest BCUT2D eigenvalue weighted by Crippen LogP contribution is 2.23. The maximum absolute atomic E-state index is 11.1. The standard InChI is InChI=1S/C16H22N2O/c1-12(2)15(10-9-13(3)17)18(4)16-8-6-5-7-14(16)11-19/h5-11,13H,17H2,1-4H3/b10-9-. The van der Waals surface area contributed by atoms with Gasteiger partial charge in [-0.15, -0.1) is 0 Å². The third-order valence-corrected chi connectivity index (χ3v) is 2.86. The first-order valence-electron chi connectivity index (χ1n) is 6.36. The number of benzene rings is 1. The van der Waals surface area contributed by atoms with Crippen molar-refractivity contribution in [3.63, 3.8) is 0 Å². The van der Waals surface area contributed by atoms with E-state index in [1.165, 1.54) is 5.57 Å². The Kier molecular flexibility index (Phi) is 5.52. The number of carbonyl (C=O) groups is 1. The molecule has 0 saturated heterocycles. The van der Waals surface area contributed by atoms with Crippen LogP contribution < -0.4 is 10.6 Å². The molecule has 2 N–H and O–H groups in total. The quantitative estimate of drug-likeness (QED) is 0.652. The van der Waals surface area contributed by atoms with E-state index in [9.17, 15) is 4.79 Å². The summed E-state index contributed by atoms with van der Waals surface area (Å²) in [6.45, 7) is 6.01. The Morgan fingerprint density at radius 3 is 2.47 bits per heavy atom. The first-order chi connectivity index (χ1) is 8.97. The fraction of sp³-hybridized carbons (Fsp3) is 0.312. The lowest BCUT2D eigenvalue weighted by molar-refractivity contribution is 0.112. The van der Waals surface area contributed by atoms with E-state index in [1.54, 1.807) is 0 Å². The summed E-state index contributed by atoms with van der Waals surface area (Å²) in [5.41, 5.74) is 9.54. The van der Waals surface area contributed by atoms with Gasteiger partial charge in [-0.3, -0.25) is 4.79 Å². The molecule has 0 saturated carbocycles. The second-order valence-corrected chi connectivity index (χ2v) is 4.84. The number of allylic oxidation sites excluding steroid dienone is 2. The molecule has 3 heteroatoms. The van der Waals surface area contributed by atoms with Crippen molar-refractivity contribution in [1.29, 1.82) is 0 Å². The first kappa shape index (κ1) is 15.2. The minimum absolute atomic E-state index is 0.00376. The van der Waals surface area contributed by atoms with Crippen LogP contribution in [0.15, 0.2) is 47.7 Å². The molecule has 0 radical (unpaired) electrons. The van der Waals surface area contributed by atoms with Gasteiger partial charge < -0.3 is 10.6 Å². The van der Waals surface area contributed by atoms with Gasteiger partial charge in [0.1, 0.15) is 0 Å². The first-order valence-corrected chi connectivity index (χ1v) is 6.36. The number of para-hydroxylation sites is 1. The van der Waals surface area contributed by atoms with E-state index in [0.717, 1.165) is 17.7 Å². The average Bonchev–Trinajstić information content (AvgIpc) is 2.37. The van der Waals surface area contributed by atoms with Crippen molar-refractivity contribution in [1.82, 2.24) is 0 Å². The van der Waals surface area contributed by atoms with Crippen molar-refractivity contribution < 1.29 is 4.79 Å². The maximum Gasteiger partial charge on any atom is 0.152 e. The van der Waals surface area contributed by atoms with Gasteiger partial charge in [0.25, 0.3) is 0 Å². The molecule has 0 fully saturated rings. The fourth-order valence-corrected chi connectivity index (χ4v) is 1.88. The van der Waals surface area contributed by atoms with Crippen LogP contribution >= 0.6 is 0 Å². The molecule has 19 heavy (non-hydrogen) atoms. The normalized spacial score (nSPS) is 12.3. The van der Waals surface area contributed by atoms with E-state index in [2.05, 4.69) is 0 Å². The van der Waals surface area contributed by atoms with Crippen LogP contribution in [0.5, 0.6) is 0 Å². The molecule has 102 valence electrons. The number of hydrogen-bond acceptors (Lipinski definition) is 3. The fourth-order valence-electron chi connectivity index (χ4n) is 1.88. The number of nitrogens with zero attached hydrogens (tertiary/aromatic N) is 1. The number of nitrogens with two attached hydrogens (primary N) is 1. The molecule has 1 atom stereocenters. The molecule has 1 unspecified atom stereocenters. The summed E-state index contributed by atoms with van der Waals surface area (Å²) in [6, 6.07) is 7.55. The molecule has 0 aliphatic carbocycles. The second kappa shape index (κ2) is 6.90. The van der Waals surface area contributed by atoms with Gasteiger partial charge in [-0.05, 0) is 39.0 Å². The molecule has 0 bridgehead atoms. The summed E-state index contributed by atoms with van der Waals surface area (Å²) < 4.78 is 0. The van der Waals surface area contributed by atoms with Crippen molar-refractivity contribution in [2.24, 2.45) is 5.73 Å². The monoisotopic (exact) mass is 258 g/mol. The molecule has 0 aromatic heterocycles. The number of rotatable bonds is 5. The summed E-state index contributed by atoms with van der Waals surface area (Å²) in [4.78, 5) is 13.1. The van der Waals surface area contributed by atoms with Crippen LogP contribution in [0.1, 0.15) is 31.1 Å². The highest BCUT2D eigenvalue weighted by Gasteiger charge is 2.10. The van der Waals surface area contributed by atoms with E-state index < -0.39 is 0 Å². The molecule has 0 heterocycles. The number of anilines is 1. The van der Waals surface area contributed by atoms with Crippen LogP contribution in [0.3, 0.4) is 0 Å². The van der Waals surface area contributed by atoms with Crippen LogP contribution in [0.2, 0.25) is 0 Å². The Labute approximate surface area is 115 Å². The predicted molar refractivity (Wildman–Crippen MR) is 81.4 cm³/mol. The molecule has 0 aliphatic heterocycles. The number of carbonyl (C=O) groups excluding carboxylic acids is 1. The van der Waals surface area contributed by atoms with Crippen LogP contribution in [-0.2, 0) is 0 Å². The molecule has 1 rings (SSSR count). The minimum atomic E-state index is 0.00376. The number of hydrogen-bond donors (Lipinski definition) is 1. The number of likely N-dealkylation sites (N-methyl/N-ethyl adjacent to an activating group) is 1.